The minimum atomic E-state index is -4.18. The largest absolute Gasteiger partial charge is 0.377 e. The Morgan fingerprint density at radius 2 is 1.83 bits per heavy atom. The topological polar surface area (TPSA) is 101 Å². The first kappa shape index (κ1) is 25.2. The van der Waals surface area contributed by atoms with E-state index in [1.54, 1.807) is 0 Å². The number of tetrazole rings is 1. The van der Waals surface area contributed by atoms with Gasteiger partial charge in [-0.15, -0.1) is 16.9 Å². The molecule has 1 unspecified atom stereocenters. The van der Waals surface area contributed by atoms with Crippen LogP contribution in [-0.2, 0) is 23.8 Å². The van der Waals surface area contributed by atoms with E-state index in [9.17, 15) is 18.3 Å². The number of aliphatic hydroxyl groups is 1. The lowest BCUT2D eigenvalue weighted by Crippen LogP contribution is -2.48. The summed E-state index contributed by atoms with van der Waals surface area (Å²) in [5.74, 6) is -7.02. The third kappa shape index (κ3) is 4.91. The highest BCUT2D eigenvalue weighted by molar-refractivity contribution is 7.98. The molecular weight excluding hydrogens is 503 g/mol. The van der Waals surface area contributed by atoms with E-state index in [0.717, 1.165) is 53.2 Å². The van der Waals surface area contributed by atoms with E-state index in [1.165, 1.54) is 18.2 Å². The number of pyridine rings is 1. The third-order valence-corrected chi connectivity index (χ3v) is 6.34. The highest BCUT2D eigenvalue weighted by Gasteiger charge is 2.58. The Hall–Kier alpha value is -3.89. The monoisotopic (exact) mass is 518 g/mol. The molecule has 0 aliphatic heterocycles. The van der Waals surface area contributed by atoms with Gasteiger partial charge in [-0.05, 0) is 52.4 Å². The van der Waals surface area contributed by atoms with Crippen LogP contribution < -0.4 is 0 Å². The van der Waals surface area contributed by atoms with Crippen LogP contribution in [0.25, 0.3) is 0 Å². The van der Waals surface area contributed by atoms with Crippen LogP contribution in [0.2, 0.25) is 0 Å². The van der Waals surface area contributed by atoms with Gasteiger partial charge in [0.15, 0.2) is 5.60 Å². The second-order valence-corrected chi connectivity index (χ2v) is 8.70. The highest BCUT2D eigenvalue weighted by atomic mass is 32.2. The number of alkyl halides is 2. The van der Waals surface area contributed by atoms with Crippen molar-refractivity contribution in [3.8, 4) is 6.07 Å². The number of rotatable bonds is 8. The van der Waals surface area contributed by atoms with Crippen molar-refractivity contribution in [3.63, 3.8) is 0 Å². The number of hydrogen-bond donors (Lipinski definition) is 1. The average molecular weight is 518 g/mol. The van der Waals surface area contributed by atoms with Crippen molar-refractivity contribution in [1.82, 2.24) is 25.2 Å². The normalized spacial score (nSPS) is 13.2. The first-order valence-corrected chi connectivity index (χ1v) is 11.2. The van der Waals surface area contributed by atoms with Crippen molar-refractivity contribution in [2.24, 2.45) is 0 Å². The number of aromatic nitrogens is 5. The summed E-state index contributed by atoms with van der Waals surface area (Å²) in [7, 11) is 0. The fourth-order valence-electron chi connectivity index (χ4n) is 3.42. The van der Waals surface area contributed by atoms with E-state index in [-0.39, 0.29) is 11.3 Å². The zero-order valence-corrected chi connectivity index (χ0v) is 18.9. The maximum atomic E-state index is 15.7. The highest BCUT2D eigenvalue weighted by Crippen LogP contribution is 2.46. The van der Waals surface area contributed by atoms with Gasteiger partial charge in [-0.3, -0.25) is 4.98 Å². The molecule has 4 aromatic rings. The molecule has 1 N–H and O–H groups in total. The van der Waals surface area contributed by atoms with E-state index < -0.39 is 46.8 Å². The lowest BCUT2D eigenvalue weighted by molar-refractivity contribution is -0.207. The Labute approximate surface area is 205 Å². The van der Waals surface area contributed by atoms with Gasteiger partial charge >= 0.3 is 5.92 Å². The summed E-state index contributed by atoms with van der Waals surface area (Å²) in [6, 6.07) is 9.92. The molecule has 7 nitrogen and oxygen atoms in total. The van der Waals surface area contributed by atoms with E-state index in [4.69, 9.17) is 5.26 Å². The zero-order valence-electron chi connectivity index (χ0n) is 18.1. The molecule has 13 heteroatoms. The van der Waals surface area contributed by atoms with Crippen molar-refractivity contribution in [3.05, 3.63) is 101 Å². The smallest absolute Gasteiger partial charge is 0.323 e. The third-order valence-electron chi connectivity index (χ3n) is 5.31. The molecule has 4 rings (SSSR count). The first-order valence-electron chi connectivity index (χ1n) is 10.2. The molecule has 0 saturated carbocycles. The van der Waals surface area contributed by atoms with Gasteiger partial charge in [0.05, 0.1) is 18.2 Å². The van der Waals surface area contributed by atoms with E-state index in [2.05, 4.69) is 20.5 Å². The predicted molar refractivity (Wildman–Crippen MR) is 117 cm³/mol. The molecule has 2 heterocycles. The molecule has 0 radical (unpaired) electrons. The van der Waals surface area contributed by atoms with Gasteiger partial charge in [-0.1, -0.05) is 6.07 Å². The van der Waals surface area contributed by atoms with Gasteiger partial charge in [-0.2, -0.15) is 14.0 Å². The molecule has 0 spiro atoms. The molecule has 0 amide bonds. The average Bonchev–Trinajstić information content (AvgIpc) is 3.36. The van der Waals surface area contributed by atoms with E-state index in [1.807, 2.05) is 6.07 Å². The lowest BCUT2D eigenvalue weighted by Gasteiger charge is -2.35. The van der Waals surface area contributed by atoms with E-state index >= 15 is 8.78 Å². The van der Waals surface area contributed by atoms with Crippen LogP contribution in [0, 0.1) is 28.8 Å². The second-order valence-electron chi connectivity index (χ2n) is 7.65. The standard InChI is InChI=1S/C23H15F5N6OS/c24-16-3-5-18(20(26)8-16)22(35,12-34-13-31-32-33-34)23(27,28)21-6-4-17(10-30-21)36-11-15-2-1-14(9-29)7-19(15)25/h1-8,10,13,35H,11-12H2. The molecule has 0 bridgehead atoms. The maximum absolute atomic E-state index is 15.7. The molecule has 0 aliphatic rings. The number of nitriles is 1. The Morgan fingerprint density at radius 3 is 2.44 bits per heavy atom. The fraction of sp³-hybridized carbons (Fsp3) is 0.174. The molecular formula is C23H15F5N6OS. The van der Waals surface area contributed by atoms with Crippen LogP contribution in [0.3, 0.4) is 0 Å². The summed E-state index contributed by atoms with van der Waals surface area (Å²) >= 11 is 1.11. The van der Waals surface area contributed by atoms with Gasteiger partial charge < -0.3 is 5.11 Å². The summed E-state index contributed by atoms with van der Waals surface area (Å²) in [5, 5.41) is 30.1. The van der Waals surface area contributed by atoms with Gasteiger partial charge in [0, 0.05) is 28.5 Å². The zero-order chi connectivity index (χ0) is 25.9. The molecule has 184 valence electrons. The molecule has 2 aromatic heterocycles. The van der Waals surface area contributed by atoms with Crippen LogP contribution in [-0.4, -0.2) is 30.3 Å². The number of halogens is 5. The Balaban J connectivity index is 1.62. The molecule has 2 aromatic carbocycles. The van der Waals surface area contributed by atoms with E-state index in [0.29, 0.717) is 16.5 Å². The Bertz CT molecular complexity index is 1410. The second kappa shape index (κ2) is 10.00. The molecule has 1 atom stereocenters. The van der Waals surface area contributed by atoms with Gasteiger partial charge in [0.2, 0.25) is 0 Å². The molecule has 0 saturated heterocycles. The predicted octanol–water partition coefficient (Wildman–Crippen LogP) is 4.33. The Morgan fingerprint density at radius 1 is 1.03 bits per heavy atom. The van der Waals surface area contributed by atoms with Crippen molar-refractivity contribution < 1.29 is 27.1 Å². The summed E-state index contributed by atoms with van der Waals surface area (Å²) < 4.78 is 74.3. The Kier molecular flexibility index (Phi) is 7.00. The summed E-state index contributed by atoms with van der Waals surface area (Å²) in [6.45, 7) is -0.967. The van der Waals surface area contributed by atoms with Gasteiger partial charge in [-0.25, -0.2) is 17.9 Å². The fourth-order valence-corrected chi connectivity index (χ4v) is 4.27. The SMILES string of the molecule is N#Cc1ccc(CSc2ccc(C(F)(F)C(O)(Cn3cnnn3)c3ccc(F)cc3F)nc2)c(F)c1. The summed E-state index contributed by atoms with van der Waals surface area (Å²) in [4.78, 5) is 4.17. The lowest BCUT2D eigenvalue weighted by atomic mass is 9.84. The van der Waals surface area contributed by atoms with Crippen molar-refractivity contribution in [2.45, 2.75) is 28.7 Å². The number of hydrogen-bond acceptors (Lipinski definition) is 7. The molecule has 0 aliphatic carbocycles. The van der Waals surface area contributed by atoms with Crippen LogP contribution >= 0.6 is 11.8 Å². The van der Waals surface area contributed by atoms with Crippen molar-refractivity contribution in [1.29, 1.82) is 5.26 Å². The van der Waals surface area contributed by atoms with Crippen LogP contribution in [0.4, 0.5) is 22.0 Å². The van der Waals surface area contributed by atoms with Crippen molar-refractivity contribution >= 4 is 11.8 Å². The minimum absolute atomic E-state index is 0.138. The first-order chi connectivity index (χ1) is 17.1. The van der Waals surface area contributed by atoms with Crippen LogP contribution in [0.5, 0.6) is 0 Å². The van der Waals surface area contributed by atoms with Gasteiger partial charge in [0.25, 0.3) is 0 Å². The summed E-state index contributed by atoms with van der Waals surface area (Å²) in [6.07, 6.45) is 2.06. The minimum Gasteiger partial charge on any atom is -0.377 e. The number of benzene rings is 2. The van der Waals surface area contributed by atoms with Gasteiger partial charge in [0.1, 0.15) is 29.5 Å². The quantitative estimate of drug-likeness (QED) is 0.274. The summed E-state index contributed by atoms with van der Waals surface area (Å²) in [5.41, 5.74) is -4.54. The van der Waals surface area contributed by atoms with Crippen LogP contribution in [0.1, 0.15) is 22.4 Å². The number of thioether (sulfide) groups is 1. The van der Waals surface area contributed by atoms with Crippen molar-refractivity contribution in [2.75, 3.05) is 0 Å². The number of nitrogens with zero attached hydrogens (tertiary/aromatic N) is 6. The van der Waals surface area contributed by atoms with Crippen LogP contribution in [0.15, 0.2) is 66.0 Å². The molecule has 36 heavy (non-hydrogen) atoms. The maximum Gasteiger partial charge on any atom is 0.323 e. The molecule has 0 fully saturated rings.